The molecule has 160 valence electrons. The van der Waals surface area contributed by atoms with E-state index in [1.54, 1.807) is 54.9 Å². The molecule has 0 aliphatic carbocycles. The summed E-state index contributed by atoms with van der Waals surface area (Å²) in [5, 5.41) is 7.98. The molecule has 9 nitrogen and oxygen atoms in total. The molecule has 31 heavy (non-hydrogen) atoms. The first-order chi connectivity index (χ1) is 15.0. The number of nitrogens with one attached hydrogen (secondary N) is 4. The Morgan fingerprint density at radius 1 is 1.03 bits per heavy atom. The van der Waals surface area contributed by atoms with Gasteiger partial charge in [-0.1, -0.05) is 30.3 Å². The lowest BCUT2D eigenvalue weighted by Crippen LogP contribution is -2.28. The van der Waals surface area contributed by atoms with Gasteiger partial charge in [-0.25, -0.2) is 13.2 Å². The summed E-state index contributed by atoms with van der Waals surface area (Å²) in [6, 6.07) is 15.0. The highest BCUT2D eigenvalue weighted by atomic mass is 32.2. The van der Waals surface area contributed by atoms with Crippen LogP contribution >= 0.6 is 0 Å². The molecule has 0 saturated carbocycles. The average molecular weight is 439 g/mol. The van der Waals surface area contributed by atoms with E-state index in [2.05, 4.69) is 25.7 Å². The van der Waals surface area contributed by atoms with Crippen LogP contribution in [0.25, 0.3) is 11.1 Å². The number of thiol groups is 1. The lowest BCUT2D eigenvalue weighted by Gasteiger charge is -2.14. The summed E-state index contributed by atoms with van der Waals surface area (Å²) >= 11 is 0. The van der Waals surface area contributed by atoms with Crippen molar-refractivity contribution in [2.45, 2.75) is 6.54 Å². The predicted molar refractivity (Wildman–Crippen MR) is 119 cm³/mol. The Labute approximate surface area is 181 Å². The molecule has 3 rings (SSSR count). The third-order valence-electron chi connectivity index (χ3n) is 4.35. The minimum Gasteiger partial charge on any atom is -0.355 e. The zero-order chi connectivity index (χ0) is 22.2. The van der Waals surface area contributed by atoms with Crippen molar-refractivity contribution < 1.29 is 18.0 Å². The van der Waals surface area contributed by atoms with E-state index in [4.69, 9.17) is 0 Å². The number of anilines is 2. The van der Waals surface area contributed by atoms with Gasteiger partial charge in [-0.2, -0.15) is 0 Å². The molecular formula is C21H21N5O4S. The monoisotopic (exact) mass is 439 g/mol. The number of para-hydroxylation sites is 1. The molecule has 3 amide bonds. The Morgan fingerprint density at radius 2 is 1.84 bits per heavy atom. The summed E-state index contributed by atoms with van der Waals surface area (Å²) in [4.78, 5) is 28.4. The highest BCUT2D eigenvalue weighted by Crippen LogP contribution is 2.32. The number of urea groups is 1. The third kappa shape index (κ3) is 5.80. The Kier molecular flexibility index (Phi) is 7.17. The van der Waals surface area contributed by atoms with Gasteiger partial charge in [-0.05, 0) is 35.4 Å². The minimum atomic E-state index is -2.99. The smallest absolute Gasteiger partial charge is 0.319 e. The van der Waals surface area contributed by atoms with Crippen molar-refractivity contribution >= 4 is 34.2 Å². The minimum absolute atomic E-state index is 0.163. The van der Waals surface area contributed by atoms with Gasteiger partial charge in [0.15, 0.2) is 0 Å². The second-order valence-electron chi connectivity index (χ2n) is 6.43. The zero-order valence-electron chi connectivity index (χ0n) is 16.6. The highest BCUT2D eigenvalue weighted by Gasteiger charge is 2.16. The van der Waals surface area contributed by atoms with Crippen LogP contribution in [0, 0.1) is 0 Å². The van der Waals surface area contributed by atoms with Crippen molar-refractivity contribution in [3.05, 3.63) is 78.1 Å². The van der Waals surface area contributed by atoms with Crippen molar-refractivity contribution in [3.63, 3.8) is 0 Å². The van der Waals surface area contributed by atoms with Crippen LogP contribution in [0.15, 0.2) is 67.0 Å². The summed E-state index contributed by atoms with van der Waals surface area (Å²) < 4.78 is 25.0. The Morgan fingerprint density at radius 3 is 2.55 bits per heavy atom. The summed E-state index contributed by atoms with van der Waals surface area (Å²) in [5.74, 6) is -0.426. The quantitative estimate of drug-likeness (QED) is 0.361. The van der Waals surface area contributed by atoms with E-state index in [9.17, 15) is 18.0 Å². The molecule has 0 aliphatic heterocycles. The maximum Gasteiger partial charge on any atom is 0.319 e. The van der Waals surface area contributed by atoms with Crippen LogP contribution in [0.5, 0.6) is 0 Å². The molecule has 0 saturated heterocycles. The number of carbonyl (C=O) groups is 2. The molecule has 0 spiro atoms. The largest absolute Gasteiger partial charge is 0.355 e. The van der Waals surface area contributed by atoms with E-state index >= 15 is 0 Å². The second kappa shape index (κ2) is 10.2. The third-order valence-corrected chi connectivity index (χ3v) is 4.75. The summed E-state index contributed by atoms with van der Waals surface area (Å²) in [5.41, 5.74) is 2.83. The molecule has 0 radical (unpaired) electrons. The van der Waals surface area contributed by atoms with E-state index in [-0.39, 0.29) is 11.3 Å². The van der Waals surface area contributed by atoms with Crippen LogP contribution in [0.4, 0.5) is 16.2 Å². The standard InChI is InChI=1S/C21H21N5O4S/c1-22-20(27)18-9-3-8-17(19(18)26-31(29)30)15-6-2-7-16(11-15)25-21(28)24-13-14-5-4-10-23-12-14/h2-12,31H,13H2,1H3,(H,22,27)(H2,24,25,28)(H,26,29,30). The van der Waals surface area contributed by atoms with Gasteiger partial charge in [-0.15, -0.1) is 0 Å². The zero-order valence-corrected chi connectivity index (χ0v) is 17.5. The predicted octanol–water partition coefficient (Wildman–Crippen LogP) is 2.37. The molecule has 1 aromatic heterocycles. The van der Waals surface area contributed by atoms with Crippen molar-refractivity contribution in [3.8, 4) is 11.1 Å². The van der Waals surface area contributed by atoms with Crippen LogP contribution in [0.1, 0.15) is 15.9 Å². The summed E-state index contributed by atoms with van der Waals surface area (Å²) in [7, 11) is -1.53. The number of benzene rings is 2. The molecular weight excluding hydrogens is 418 g/mol. The summed E-state index contributed by atoms with van der Waals surface area (Å²) in [6.07, 6.45) is 3.32. The lowest BCUT2D eigenvalue weighted by atomic mass is 9.99. The van der Waals surface area contributed by atoms with Crippen molar-refractivity contribution in [1.29, 1.82) is 0 Å². The molecule has 0 bridgehead atoms. The summed E-state index contributed by atoms with van der Waals surface area (Å²) in [6.45, 7) is 0.318. The van der Waals surface area contributed by atoms with E-state index < -0.39 is 22.8 Å². The second-order valence-corrected chi connectivity index (χ2v) is 7.16. The van der Waals surface area contributed by atoms with Gasteiger partial charge in [0, 0.05) is 37.2 Å². The van der Waals surface area contributed by atoms with E-state index in [1.165, 1.54) is 13.1 Å². The van der Waals surface area contributed by atoms with Crippen LogP contribution < -0.4 is 20.7 Å². The Bertz CT molecular complexity index is 1160. The van der Waals surface area contributed by atoms with E-state index in [0.717, 1.165) is 5.56 Å². The van der Waals surface area contributed by atoms with Crippen LogP contribution in [0.2, 0.25) is 0 Å². The molecule has 0 unspecified atom stereocenters. The van der Waals surface area contributed by atoms with Gasteiger partial charge in [0.05, 0.1) is 11.3 Å². The molecule has 0 atom stereocenters. The number of hydrogen-bond acceptors (Lipinski definition) is 5. The number of rotatable bonds is 7. The highest BCUT2D eigenvalue weighted by molar-refractivity contribution is 7.73. The van der Waals surface area contributed by atoms with Gasteiger partial charge < -0.3 is 16.0 Å². The van der Waals surface area contributed by atoms with E-state index in [0.29, 0.717) is 23.4 Å². The van der Waals surface area contributed by atoms with Gasteiger partial charge in [0.1, 0.15) is 0 Å². The SMILES string of the molecule is CNC(=O)c1cccc(-c2cccc(NC(=O)NCc3cccnc3)c2)c1N[SH](=O)=O. The van der Waals surface area contributed by atoms with Crippen LogP contribution in [0.3, 0.4) is 0 Å². The number of amides is 3. The van der Waals surface area contributed by atoms with Crippen LogP contribution in [-0.4, -0.2) is 32.4 Å². The number of hydrogen-bond donors (Lipinski definition) is 5. The van der Waals surface area contributed by atoms with Crippen molar-refractivity contribution in [1.82, 2.24) is 15.6 Å². The fourth-order valence-corrected chi connectivity index (χ4v) is 3.38. The maximum absolute atomic E-state index is 12.2. The fraction of sp³-hybridized carbons (Fsp3) is 0.0952. The average Bonchev–Trinajstić information content (AvgIpc) is 2.78. The molecule has 10 heteroatoms. The van der Waals surface area contributed by atoms with E-state index in [1.807, 2.05) is 6.07 Å². The molecule has 1 heterocycles. The molecule has 0 aliphatic rings. The van der Waals surface area contributed by atoms with Gasteiger partial charge in [0.25, 0.3) is 5.91 Å². The number of aromatic nitrogens is 1. The molecule has 0 fully saturated rings. The lowest BCUT2D eigenvalue weighted by molar-refractivity contribution is 0.0964. The van der Waals surface area contributed by atoms with Gasteiger partial charge in [0.2, 0.25) is 10.9 Å². The van der Waals surface area contributed by atoms with Gasteiger partial charge in [-0.3, -0.25) is 14.5 Å². The van der Waals surface area contributed by atoms with Gasteiger partial charge >= 0.3 is 6.03 Å². The first-order valence-electron chi connectivity index (χ1n) is 9.28. The maximum atomic E-state index is 12.2. The van der Waals surface area contributed by atoms with Crippen molar-refractivity contribution in [2.75, 3.05) is 17.1 Å². The Hall–Kier alpha value is -3.92. The molecule has 3 aromatic rings. The molecule has 2 aromatic carbocycles. The number of nitrogens with zero attached hydrogens (tertiary/aromatic N) is 1. The first kappa shape index (κ1) is 21.8. The number of pyridine rings is 1. The first-order valence-corrected chi connectivity index (χ1v) is 10.5. The van der Waals surface area contributed by atoms with Crippen LogP contribution in [-0.2, 0) is 17.4 Å². The van der Waals surface area contributed by atoms with Crippen molar-refractivity contribution in [2.24, 2.45) is 0 Å². The number of carbonyl (C=O) groups excluding carboxylic acids is 2. The Balaban J connectivity index is 1.84. The fourth-order valence-electron chi connectivity index (χ4n) is 2.95. The molecule has 4 N–H and O–H groups in total. The normalized spacial score (nSPS) is 10.4. The topological polar surface area (TPSA) is 129 Å².